The summed E-state index contributed by atoms with van der Waals surface area (Å²) in [4.78, 5) is 8.52. The third-order valence-corrected chi connectivity index (χ3v) is 2.59. The summed E-state index contributed by atoms with van der Waals surface area (Å²) < 4.78 is 0. The summed E-state index contributed by atoms with van der Waals surface area (Å²) in [5.74, 6) is 1.34. The van der Waals surface area contributed by atoms with Crippen molar-refractivity contribution in [2.45, 2.75) is 40.7 Å². The molecular weight excluding hydrogens is 210 g/mol. The molecule has 0 aliphatic heterocycles. The standard InChI is InChI=1S/C14H23N3/c1-10(2)13(9-16-11(3)4)8-14-6-7-15-12(5)17-14/h6-8,10-11,16H,9H2,1-5H3/b13-8-. The average Bonchev–Trinajstić information content (AvgIpc) is 2.23. The van der Waals surface area contributed by atoms with Gasteiger partial charge in [-0.1, -0.05) is 33.3 Å². The van der Waals surface area contributed by atoms with Gasteiger partial charge in [-0.2, -0.15) is 0 Å². The highest BCUT2D eigenvalue weighted by atomic mass is 14.9. The molecule has 0 radical (unpaired) electrons. The second kappa shape index (κ2) is 6.50. The van der Waals surface area contributed by atoms with Crippen molar-refractivity contribution in [1.29, 1.82) is 0 Å². The van der Waals surface area contributed by atoms with E-state index in [1.54, 1.807) is 0 Å². The van der Waals surface area contributed by atoms with Crippen LogP contribution in [0.25, 0.3) is 6.08 Å². The second-order valence-electron chi connectivity index (χ2n) is 4.94. The molecule has 3 heteroatoms. The molecule has 0 aliphatic carbocycles. The molecule has 1 heterocycles. The van der Waals surface area contributed by atoms with Gasteiger partial charge in [-0.25, -0.2) is 9.97 Å². The minimum absolute atomic E-state index is 0.504. The van der Waals surface area contributed by atoms with Gasteiger partial charge in [0.25, 0.3) is 0 Å². The van der Waals surface area contributed by atoms with Gasteiger partial charge in [-0.05, 0) is 25.0 Å². The number of hydrogen-bond acceptors (Lipinski definition) is 3. The van der Waals surface area contributed by atoms with E-state index in [0.29, 0.717) is 12.0 Å². The van der Waals surface area contributed by atoms with Crippen molar-refractivity contribution in [1.82, 2.24) is 15.3 Å². The van der Waals surface area contributed by atoms with Crippen molar-refractivity contribution in [2.75, 3.05) is 6.54 Å². The molecule has 0 unspecified atom stereocenters. The van der Waals surface area contributed by atoms with E-state index in [4.69, 9.17) is 0 Å². The highest BCUT2D eigenvalue weighted by Gasteiger charge is 2.05. The molecule has 0 atom stereocenters. The van der Waals surface area contributed by atoms with E-state index >= 15 is 0 Å². The number of hydrogen-bond donors (Lipinski definition) is 1. The van der Waals surface area contributed by atoms with Crippen LogP contribution in [0.3, 0.4) is 0 Å². The van der Waals surface area contributed by atoms with E-state index in [1.165, 1.54) is 5.57 Å². The Kier molecular flexibility index (Phi) is 5.29. The first kappa shape index (κ1) is 13.8. The summed E-state index contributed by atoms with van der Waals surface area (Å²) in [6, 6.07) is 2.45. The summed E-state index contributed by atoms with van der Waals surface area (Å²) in [6.07, 6.45) is 3.97. The fourth-order valence-electron chi connectivity index (χ4n) is 1.49. The number of aromatic nitrogens is 2. The van der Waals surface area contributed by atoms with Crippen molar-refractivity contribution >= 4 is 6.08 Å². The molecule has 1 N–H and O–H groups in total. The van der Waals surface area contributed by atoms with Crippen LogP contribution in [0.15, 0.2) is 17.8 Å². The van der Waals surface area contributed by atoms with Crippen LogP contribution in [0, 0.1) is 12.8 Å². The Labute approximate surface area is 104 Å². The first-order chi connectivity index (χ1) is 7.99. The SMILES string of the molecule is Cc1nccc(/C=C(/CNC(C)C)C(C)C)n1. The maximum atomic E-state index is 4.41. The van der Waals surface area contributed by atoms with Crippen LogP contribution in [0.1, 0.15) is 39.2 Å². The highest BCUT2D eigenvalue weighted by Crippen LogP contribution is 2.12. The first-order valence-corrected chi connectivity index (χ1v) is 6.22. The summed E-state index contributed by atoms with van der Waals surface area (Å²) >= 11 is 0. The van der Waals surface area contributed by atoms with E-state index in [-0.39, 0.29) is 0 Å². The van der Waals surface area contributed by atoms with Gasteiger partial charge < -0.3 is 5.32 Å². The van der Waals surface area contributed by atoms with E-state index in [0.717, 1.165) is 18.1 Å². The van der Waals surface area contributed by atoms with Gasteiger partial charge in [0, 0.05) is 18.8 Å². The maximum absolute atomic E-state index is 4.41. The largest absolute Gasteiger partial charge is 0.311 e. The van der Waals surface area contributed by atoms with Crippen molar-refractivity contribution in [3.63, 3.8) is 0 Å². The fraction of sp³-hybridized carbons (Fsp3) is 0.571. The summed E-state index contributed by atoms with van der Waals surface area (Å²) in [5, 5.41) is 3.45. The van der Waals surface area contributed by atoms with Crippen LogP contribution in [0.4, 0.5) is 0 Å². The van der Waals surface area contributed by atoms with Crippen LogP contribution >= 0.6 is 0 Å². The Balaban J connectivity index is 2.82. The average molecular weight is 233 g/mol. The summed E-state index contributed by atoms with van der Waals surface area (Å²) in [6.45, 7) is 11.6. The van der Waals surface area contributed by atoms with Crippen LogP contribution < -0.4 is 5.32 Å². The smallest absolute Gasteiger partial charge is 0.125 e. The quantitative estimate of drug-likeness (QED) is 0.849. The Morgan fingerprint density at radius 3 is 2.59 bits per heavy atom. The van der Waals surface area contributed by atoms with Crippen molar-refractivity contribution in [2.24, 2.45) is 5.92 Å². The third-order valence-electron chi connectivity index (χ3n) is 2.59. The highest BCUT2D eigenvalue weighted by molar-refractivity contribution is 5.49. The third kappa shape index (κ3) is 5.09. The lowest BCUT2D eigenvalue weighted by Gasteiger charge is -2.14. The van der Waals surface area contributed by atoms with Gasteiger partial charge in [0.05, 0.1) is 5.69 Å². The monoisotopic (exact) mass is 233 g/mol. The van der Waals surface area contributed by atoms with Crippen molar-refractivity contribution in [3.8, 4) is 0 Å². The Morgan fingerprint density at radius 1 is 1.35 bits per heavy atom. The van der Waals surface area contributed by atoms with Crippen molar-refractivity contribution in [3.05, 3.63) is 29.4 Å². The number of aryl methyl sites for hydroxylation is 1. The van der Waals surface area contributed by atoms with E-state index < -0.39 is 0 Å². The lowest BCUT2D eigenvalue weighted by Crippen LogP contribution is -2.26. The maximum Gasteiger partial charge on any atom is 0.125 e. The molecule has 0 aromatic carbocycles. The van der Waals surface area contributed by atoms with Gasteiger partial charge >= 0.3 is 0 Å². The molecule has 0 saturated heterocycles. The molecule has 94 valence electrons. The molecule has 0 aliphatic rings. The van der Waals surface area contributed by atoms with Crippen LogP contribution in [0.5, 0.6) is 0 Å². The number of rotatable bonds is 5. The molecule has 0 amide bonds. The number of nitrogens with one attached hydrogen (secondary N) is 1. The van der Waals surface area contributed by atoms with Crippen LogP contribution in [-0.4, -0.2) is 22.6 Å². The molecule has 17 heavy (non-hydrogen) atoms. The molecule has 1 rings (SSSR count). The molecule has 0 fully saturated rings. The van der Waals surface area contributed by atoms with Gasteiger partial charge in [-0.3, -0.25) is 0 Å². The predicted octanol–water partition coefficient (Wildman–Crippen LogP) is 2.82. The first-order valence-electron chi connectivity index (χ1n) is 6.22. The Bertz CT molecular complexity index is 381. The lowest BCUT2D eigenvalue weighted by atomic mass is 10.0. The zero-order valence-electron chi connectivity index (χ0n) is 11.5. The Morgan fingerprint density at radius 2 is 2.06 bits per heavy atom. The minimum atomic E-state index is 0.504. The zero-order chi connectivity index (χ0) is 12.8. The van der Waals surface area contributed by atoms with E-state index in [9.17, 15) is 0 Å². The van der Waals surface area contributed by atoms with Gasteiger partial charge in [0.15, 0.2) is 0 Å². The number of nitrogens with zero attached hydrogens (tertiary/aromatic N) is 2. The molecule has 0 spiro atoms. The van der Waals surface area contributed by atoms with E-state index in [1.807, 2.05) is 19.2 Å². The van der Waals surface area contributed by atoms with Crippen LogP contribution in [0.2, 0.25) is 0 Å². The summed E-state index contributed by atoms with van der Waals surface area (Å²) in [5.41, 5.74) is 2.36. The molecule has 0 saturated carbocycles. The molecule has 1 aromatic heterocycles. The van der Waals surface area contributed by atoms with Gasteiger partial charge in [0.1, 0.15) is 5.82 Å². The molecular formula is C14H23N3. The lowest BCUT2D eigenvalue weighted by molar-refractivity contribution is 0.593. The molecule has 3 nitrogen and oxygen atoms in total. The van der Waals surface area contributed by atoms with Gasteiger partial charge in [0.2, 0.25) is 0 Å². The summed E-state index contributed by atoms with van der Waals surface area (Å²) in [7, 11) is 0. The van der Waals surface area contributed by atoms with E-state index in [2.05, 4.69) is 49.1 Å². The predicted molar refractivity (Wildman–Crippen MR) is 72.7 cm³/mol. The zero-order valence-corrected chi connectivity index (χ0v) is 11.5. The van der Waals surface area contributed by atoms with Crippen molar-refractivity contribution < 1.29 is 0 Å². The second-order valence-corrected chi connectivity index (χ2v) is 4.94. The molecule has 0 bridgehead atoms. The normalized spacial score (nSPS) is 12.5. The fourth-order valence-corrected chi connectivity index (χ4v) is 1.49. The van der Waals surface area contributed by atoms with Gasteiger partial charge in [-0.15, -0.1) is 0 Å². The Hall–Kier alpha value is -1.22. The molecule has 1 aromatic rings. The minimum Gasteiger partial charge on any atom is -0.311 e. The topological polar surface area (TPSA) is 37.8 Å². The van der Waals surface area contributed by atoms with Crippen LogP contribution in [-0.2, 0) is 0 Å².